The maximum atomic E-state index is 5.94. The zero-order valence-electron chi connectivity index (χ0n) is 10.3. The number of rotatable bonds is 7. The Hall–Kier alpha value is -1.22. The van der Waals surface area contributed by atoms with Gasteiger partial charge < -0.3 is 15.8 Å². The van der Waals surface area contributed by atoms with Gasteiger partial charge in [-0.05, 0) is 25.0 Å². The number of ether oxygens (including phenoxy) is 1. The normalized spacial score (nSPS) is 10.4. The fourth-order valence-electron chi connectivity index (χ4n) is 1.44. The van der Waals surface area contributed by atoms with Crippen LogP contribution >= 0.6 is 0 Å². The van der Waals surface area contributed by atoms with Crippen LogP contribution in [-0.4, -0.2) is 19.8 Å². The van der Waals surface area contributed by atoms with E-state index < -0.39 is 0 Å². The van der Waals surface area contributed by atoms with Gasteiger partial charge in [-0.15, -0.1) is 0 Å². The molecule has 0 bridgehead atoms. The second kappa shape index (κ2) is 7.12. The maximum Gasteiger partial charge on any atom is 0.0639 e. The molecule has 0 aliphatic rings. The summed E-state index contributed by atoms with van der Waals surface area (Å²) in [5.74, 6) is 0. The van der Waals surface area contributed by atoms with Crippen molar-refractivity contribution in [2.75, 3.05) is 30.8 Å². The first-order valence-corrected chi connectivity index (χ1v) is 5.92. The number of anilines is 2. The predicted octanol–water partition coefficient (Wildman–Crippen LogP) is 2.81. The van der Waals surface area contributed by atoms with E-state index in [9.17, 15) is 0 Å². The molecule has 0 heterocycles. The Labute approximate surface area is 98.0 Å². The standard InChI is InChI=1S/C13H22N2O/c1-3-4-9-16-10-8-15-12-7-5-6-11(2)13(12)14/h5-7,15H,3-4,8-10,14H2,1-2H3. The van der Waals surface area contributed by atoms with Gasteiger partial charge in [-0.3, -0.25) is 0 Å². The molecule has 90 valence electrons. The number of benzene rings is 1. The lowest BCUT2D eigenvalue weighted by molar-refractivity contribution is 0.141. The van der Waals surface area contributed by atoms with Crippen molar-refractivity contribution >= 4 is 11.4 Å². The van der Waals surface area contributed by atoms with E-state index in [1.54, 1.807) is 0 Å². The Morgan fingerprint density at radius 3 is 2.88 bits per heavy atom. The van der Waals surface area contributed by atoms with Crippen molar-refractivity contribution in [3.05, 3.63) is 23.8 Å². The molecular weight excluding hydrogens is 200 g/mol. The molecule has 0 aliphatic carbocycles. The Balaban J connectivity index is 2.24. The number of nitrogens with one attached hydrogen (secondary N) is 1. The molecule has 0 spiro atoms. The van der Waals surface area contributed by atoms with Crippen LogP contribution in [0.5, 0.6) is 0 Å². The number of nitrogen functional groups attached to an aromatic ring is 1. The van der Waals surface area contributed by atoms with Crippen LogP contribution in [-0.2, 0) is 4.74 Å². The highest BCUT2D eigenvalue weighted by atomic mass is 16.5. The second-order valence-corrected chi connectivity index (χ2v) is 3.93. The molecule has 0 aromatic heterocycles. The zero-order valence-corrected chi connectivity index (χ0v) is 10.3. The van der Waals surface area contributed by atoms with Crippen LogP contribution in [0, 0.1) is 6.92 Å². The topological polar surface area (TPSA) is 47.3 Å². The first-order valence-electron chi connectivity index (χ1n) is 5.92. The first kappa shape index (κ1) is 12.8. The molecule has 1 aromatic carbocycles. The minimum Gasteiger partial charge on any atom is -0.397 e. The molecule has 0 amide bonds. The summed E-state index contributed by atoms with van der Waals surface area (Å²) in [6, 6.07) is 6.01. The van der Waals surface area contributed by atoms with Crippen molar-refractivity contribution in [3.63, 3.8) is 0 Å². The number of unbranched alkanes of at least 4 members (excludes halogenated alkanes) is 1. The van der Waals surface area contributed by atoms with E-state index in [4.69, 9.17) is 10.5 Å². The molecule has 0 aliphatic heterocycles. The van der Waals surface area contributed by atoms with E-state index >= 15 is 0 Å². The van der Waals surface area contributed by atoms with Crippen LogP contribution in [0.1, 0.15) is 25.3 Å². The van der Waals surface area contributed by atoms with Gasteiger partial charge in [-0.25, -0.2) is 0 Å². The van der Waals surface area contributed by atoms with Gasteiger partial charge in [0.1, 0.15) is 0 Å². The summed E-state index contributed by atoms with van der Waals surface area (Å²) < 4.78 is 5.46. The summed E-state index contributed by atoms with van der Waals surface area (Å²) in [5.41, 5.74) is 8.88. The van der Waals surface area contributed by atoms with Crippen molar-refractivity contribution in [2.45, 2.75) is 26.7 Å². The lowest BCUT2D eigenvalue weighted by Crippen LogP contribution is -2.11. The summed E-state index contributed by atoms with van der Waals surface area (Å²) in [4.78, 5) is 0. The Morgan fingerprint density at radius 2 is 2.12 bits per heavy atom. The quantitative estimate of drug-likeness (QED) is 0.551. The number of nitrogens with two attached hydrogens (primary N) is 1. The monoisotopic (exact) mass is 222 g/mol. The first-order chi connectivity index (χ1) is 7.75. The highest BCUT2D eigenvalue weighted by molar-refractivity contribution is 5.69. The zero-order chi connectivity index (χ0) is 11.8. The lowest BCUT2D eigenvalue weighted by atomic mass is 10.2. The molecule has 1 rings (SSSR count). The molecule has 3 nitrogen and oxygen atoms in total. The van der Waals surface area contributed by atoms with E-state index in [-0.39, 0.29) is 0 Å². The third-order valence-electron chi connectivity index (χ3n) is 2.53. The van der Waals surface area contributed by atoms with Crippen molar-refractivity contribution in [3.8, 4) is 0 Å². The molecule has 0 radical (unpaired) electrons. The van der Waals surface area contributed by atoms with E-state index in [2.05, 4.69) is 12.2 Å². The Bertz CT molecular complexity index is 313. The van der Waals surface area contributed by atoms with Crippen molar-refractivity contribution in [1.29, 1.82) is 0 Å². The molecule has 0 saturated heterocycles. The fraction of sp³-hybridized carbons (Fsp3) is 0.538. The van der Waals surface area contributed by atoms with Crippen molar-refractivity contribution in [2.24, 2.45) is 0 Å². The van der Waals surface area contributed by atoms with E-state index in [0.717, 1.165) is 43.1 Å². The van der Waals surface area contributed by atoms with E-state index in [1.807, 2.05) is 25.1 Å². The minimum absolute atomic E-state index is 0.730. The molecule has 16 heavy (non-hydrogen) atoms. The van der Waals surface area contributed by atoms with E-state index in [1.165, 1.54) is 6.42 Å². The highest BCUT2D eigenvalue weighted by Gasteiger charge is 1.99. The van der Waals surface area contributed by atoms with E-state index in [0.29, 0.717) is 0 Å². The molecule has 0 unspecified atom stereocenters. The van der Waals surface area contributed by atoms with Gasteiger partial charge in [0.25, 0.3) is 0 Å². The second-order valence-electron chi connectivity index (χ2n) is 3.93. The predicted molar refractivity (Wildman–Crippen MR) is 69.8 cm³/mol. The summed E-state index contributed by atoms with van der Waals surface area (Å²) in [7, 11) is 0. The molecule has 3 N–H and O–H groups in total. The third-order valence-corrected chi connectivity index (χ3v) is 2.53. The van der Waals surface area contributed by atoms with Crippen LogP contribution in [0.15, 0.2) is 18.2 Å². The molecule has 0 atom stereocenters. The summed E-state index contributed by atoms with van der Waals surface area (Å²) in [6.45, 7) is 6.56. The van der Waals surface area contributed by atoms with Gasteiger partial charge in [0, 0.05) is 13.2 Å². The highest BCUT2D eigenvalue weighted by Crippen LogP contribution is 2.21. The van der Waals surface area contributed by atoms with Crippen LogP contribution in [0.3, 0.4) is 0 Å². The Morgan fingerprint density at radius 1 is 1.31 bits per heavy atom. The van der Waals surface area contributed by atoms with Gasteiger partial charge in [0.05, 0.1) is 18.0 Å². The van der Waals surface area contributed by atoms with Gasteiger partial charge in [0.15, 0.2) is 0 Å². The number of hydrogen-bond acceptors (Lipinski definition) is 3. The molecular formula is C13H22N2O. The van der Waals surface area contributed by atoms with Gasteiger partial charge in [-0.1, -0.05) is 25.5 Å². The number of hydrogen-bond donors (Lipinski definition) is 2. The number of para-hydroxylation sites is 1. The van der Waals surface area contributed by atoms with Crippen LogP contribution in [0.4, 0.5) is 11.4 Å². The molecule has 1 aromatic rings. The van der Waals surface area contributed by atoms with Gasteiger partial charge in [-0.2, -0.15) is 0 Å². The largest absolute Gasteiger partial charge is 0.397 e. The molecule has 3 heteroatoms. The fourth-order valence-corrected chi connectivity index (χ4v) is 1.44. The summed E-state index contributed by atoms with van der Waals surface area (Å²) in [6.07, 6.45) is 2.31. The van der Waals surface area contributed by atoms with Crippen molar-refractivity contribution in [1.82, 2.24) is 0 Å². The average molecular weight is 222 g/mol. The lowest BCUT2D eigenvalue weighted by Gasteiger charge is -2.11. The Kier molecular flexibility index (Phi) is 5.72. The summed E-state index contributed by atoms with van der Waals surface area (Å²) in [5, 5.41) is 3.28. The SMILES string of the molecule is CCCCOCCNc1cccc(C)c1N. The average Bonchev–Trinajstić information content (AvgIpc) is 2.29. The third kappa shape index (κ3) is 4.11. The molecule has 0 fully saturated rings. The maximum absolute atomic E-state index is 5.94. The minimum atomic E-state index is 0.730. The van der Waals surface area contributed by atoms with Gasteiger partial charge in [0.2, 0.25) is 0 Å². The summed E-state index contributed by atoms with van der Waals surface area (Å²) >= 11 is 0. The van der Waals surface area contributed by atoms with Gasteiger partial charge >= 0.3 is 0 Å². The van der Waals surface area contributed by atoms with Crippen LogP contribution in [0.25, 0.3) is 0 Å². The molecule has 0 saturated carbocycles. The van der Waals surface area contributed by atoms with Crippen LogP contribution < -0.4 is 11.1 Å². The number of aryl methyl sites for hydroxylation is 1. The van der Waals surface area contributed by atoms with Crippen molar-refractivity contribution < 1.29 is 4.74 Å². The smallest absolute Gasteiger partial charge is 0.0639 e. The van der Waals surface area contributed by atoms with Crippen LogP contribution in [0.2, 0.25) is 0 Å².